The third-order valence-corrected chi connectivity index (χ3v) is 2.51. The fourth-order valence-corrected chi connectivity index (χ4v) is 1.75. The first kappa shape index (κ1) is 8.70. The number of nitrogens with two attached hydrogens (primary N) is 1. The van der Waals surface area contributed by atoms with Crippen LogP contribution in [0.25, 0.3) is 10.9 Å². The quantitative estimate of drug-likeness (QED) is 0.733. The van der Waals surface area contributed by atoms with Crippen molar-refractivity contribution in [1.29, 1.82) is 0 Å². The van der Waals surface area contributed by atoms with Crippen LogP contribution in [0, 0.1) is 0 Å². The molecule has 0 bridgehead atoms. The molecule has 5 nitrogen and oxygen atoms in total. The number of nitrogens with one attached hydrogen (secondary N) is 1. The first-order valence-electron chi connectivity index (χ1n) is 4.81. The van der Waals surface area contributed by atoms with Gasteiger partial charge in [-0.05, 0) is 12.1 Å². The van der Waals surface area contributed by atoms with Gasteiger partial charge in [-0.15, -0.1) is 0 Å². The first-order chi connectivity index (χ1) is 7.34. The maximum absolute atomic E-state index is 5.72. The van der Waals surface area contributed by atoms with Gasteiger partial charge in [0.25, 0.3) is 0 Å². The number of aromatic nitrogens is 2. The second-order valence-corrected chi connectivity index (χ2v) is 3.49. The minimum Gasteiger partial charge on any atom is -0.382 e. The summed E-state index contributed by atoms with van der Waals surface area (Å²) in [6.45, 7) is 1.28. The van der Waals surface area contributed by atoms with Crippen molar-refractivity contribution in [1.82, 2.24) is 10.2 Å². The minimum atomic E-state index is -0.260. The van der Waals surface area contributed by atoms with Crippen LogP contribution >= 0.6 is 0 Å². The summed E-state index contributed by atoms with van der Waals surface area (Å²) < 4.78 is 10.8. The Labute approximate surface area is 86.2 Å². The Hall–Kier alpha value is -1.59. The molecule has 1 aliphatic rings. The average molecular weight is 205 g/mol. The Morgan fingerprint density at radius 2 is 2.13 bits per heavy atom. The molecule has 3 N–H and O–H groups in total. The normalized spacial score (nSPS) is 17.6. The molecule has 1 aromatic carbocycles. The SMILES string of the molecule is Nc1n[nH]c2ccc(C3OCCO3)cc12. The summed E-state index contributed by atoms with van der Waals surface area (Å²) in [6.07, 6.45) is -0.260. The first-order valence-corrected chi connectivity index (χ1v) is 4.81. The molecule has 78 valence electrons. The molecular weight excluding hydrogens is 194 g/mol. The summed E-state index contributed by atoms with van der Waals surface area (Å²) in [6, 6.07) is 5.83. The number of nitrogen functional groups attached to an aromatic ring is 1. The van der Waals surface area contributed by atoms with Crippen molar-refractivity contribution in [2.24, 2.45) is 0 Å². The van der Waals surface area contributed by atoms with Crippen LogP contribution in [0.2, 0.25) is 0 Å². The number of benzene rings is 1. The van der Waals surface area contributed by atoms with Crippen molar-refractivity contribution < 1.29 is 9.47 Å². The average Bonchev–Trinajstić information content (AvgIpc) is 2.88. The number of fused-ring (bicyclic) bond motifs is 1. The molecule has 1 saturated heterocycles. The number of hydrogen-bond donors (Lipinski definition) is 2. The van der Waals surface area contributed by atoms with Gasteiger partial charge in [0.2, 0.25) is 0 Å². The number of aromatic amines is 1. The Balaban J connectivity index is 2.08. The molecule has 0 amide bonds. The fourth-order valence-electron chi connectivity index (χ4n) is 1.75. The van der Waals surface area contributed by atoms with Crippen molar-refractivity contribution >= 4 is 16.7 Å². The standard InChI is InChI=1S/C10H11N3O2/c11-9-7-5-6(10-14-3-4-15-10)1-2-8(7)12-13-9/h1-2,5,10H,3-4H2,(H3,11,12,13). The van der Waals surface area contributed by atoms with E-state index in [0.717, 1.165) is 16.5 Å². The van der Waals surface area contributed by atoms with E-state index in [2.05, 4.69) is 10.2 Å². The molecule has 1 fully saturated rings. The number of H-pyrrole nitrogens is 1. The molecule has 2 heterocycles. The second kappa shape index (κ2) is 3.22. The largest absolute Gasteiger partial charge is 0.382 e. The van der Waals surface area contributed by atoms with Gasteiger partial charge < -0.3 is 15.2 Å². The van der Waals surface area contributed by atoms with Gasteiger partial charge >= 0.3 is 0 Å². The molecule has 0 unspecified atom stereocenters. The van der Waals surface area contributed by atoms with E-state index in [9.17, 15) is 0 Å². The van der Waals surface area contributed by atoms with Crippen LogP contribution in [-0.2, 0) is 9.47 Å². The highest BCUT2D eigenvalue weighted by atomic mass is 16.7. The maximum Gasteiger partial charge on any atom is 0.184 e. The van der Waals surface area contributed by atoms with Gasteiger partial charge in [-0.1, -0.05) is 6.07 Å². The van der Waals surface area contributed by atoms with Crippen LogP contribution in [0.1, 0.15) is 11.9 Å². The highest BCUT2D eigenvalue weighted by molar-refractivity contribution is 5.89. The highest BCUT2D eigenvalue weighted by Crippen LogP contribution is 2.27. The summed E-state index contributed by atoms with van der Waals surface area (Å²) >= 11 is 0. The molecule has 2 aromatic rings. The zero-order valence-electron chi connectivity index (χ0n) is 8.06. The van der Waals surface area contributed by atoms with E-state index in [4.69, 9.17) is 15.2 Å². The van der Waals surface area contributed by atoms with Crippen molar-refractivity contribution in [2.75, 3.05) is 18.9 Å². The summed E-state index contributed by atoms with van der Waals surface area (Å²) in [7, 11) is 0. The van der Waals surface area contributed by atoms with Gasteiger partial charge in [0, 0.05) is 10.9 Å². The molecular formula is C10H11N3O2. The Morgan fingerprint density at radius 3 is 2.93 bits per heavy atom. The van der Waals surface area contributed by atoms with Gasteiger partial charge in [-0.25, -0.2) is 0 Å². The molecule has 0 atom stereocenters. The van der Waals surface area contributed by atoms with Crippen molar-refractivity contribution in [2.45, 2.75) is 6.29 Å². The van der Waals surface area contributed by atoms with Crippen molar-refractivity contribution in [3.05, 3.63) is 23.8 Å². The monoisotopic (exact) mass is 205 g/mol. The minimum absolute atomic E-state index is 0.260. The molecule has 1 aromatic heterocycles. The van der Waals surface area contributed by atoms with Crippen molar-refractivity contribution in [3.8, 4) is 0 Å². The smallest absolute Gasteiger partial charge is 0.184 e. The van der Waals surface area contributed by atoms with Gasteiger partial charge in [0.15, 0.2) is 12.1 Å². The number of rotatable bonds is 1. The summed E-state index contributed by atoms with van der Waals surface area (Å²) in [4.78, 5) is 0. The van der Waals surface area contributed by atoms with E-state index >= 15 is 0 Å². The number of hydrogen-bond acceptors (Lipinski definition) is 4. The van der Waals surface area contributed by atoms with Crippen LogP contribution in [0.15, 0.2) is 18.2 Å². The lowest BCUT2D eigenvalue weighted by Gasteiger charge is -2.08. The molecule has 0 spiro atoms. The Kier molecular flexibility index (Phi) is 1.87. The number of nitrogens with zero attached hydrogens (tertiary/aromatic N) is 1. The van der Waals surface area contributed by atoms with E-state index in [1.165, 1.54) is 0 Å². The summed E-state index contributed by atoms with van der Waals surface area (Å²) in [5.41, 5.74) is 7.62. The predicted octanol–water partition coefficient (Wildman–Crippen LogP) is 1.19. The van der Waals surface area contributed by atoms with Crippen LogP contribution in [0.3, 0.4) is 0 Å². The van der Waals surface area contributed by atoms with Crippen molar-refractivity contribution in [3.63, 3.8) is 0 Å². The summed E-state index contributed by atoms with van der Waals surface area (Å²) in [5, 5.41) is 7.69. The Morgan fingerprint density at radius 1 is 1.33 bits per heavy atom. The third-order valence-electron chi connectivity index (χ3n) is 2.51. The van der Waals surface area contributed by atoms with E-state index in [1.54, 1.807) is 0 Å². The topological polar surface area (TPSA) is 73.2 Å². The maximum atomic E-state index is 5.72. The number of anilines is 1. The van der Waals surface area contributed by atoms with E-state index in [0.29, 0.717) is 19.0 Å². The predicted molar refractivity (Wildman–Crippen MR) is 55.2 cm³/mol. The van der Waals surface area contributed by atoms with E-state index < -0.39 is 0 Å². The lowest BCUT2D eigenvalue weighted by molar-refractivity contribution is -0.0440. The van der Waals surface area contributed by atoms with Gasteiger partial charge in [-0.3, -0.25) is 5.10 Å². The molecule has 15 heavy (non-hydrogen) atoms. The molecule has 0 saturated carbocycles. The van der Waals surface area contributed by atoms with Gasteiger partial charge in [0.05, 0.1) is 18.7 Å². The zero-order valence-corrected chi connectivity index (χ0v) is 8.06. The second-order valence-electron chi connectivity index (χ2n) is 3.49. The van der Waals surface area contributed by atoms with Crippen LogP contribution < -0.4 is 5.73 Å². The number of ether oxygens (including phenoxy) is 2. The van der Waals surface area contributed by atoms with E-state index in [1.807, 2.05) is 18.2 Å². The van der Waals surface area contributed by atoms with Crippen LogP contribution in [0.5, 0.6) is 0 Å². The van der Waals surface area contributed by atoms with Crippen LogP contribution in [0.4, 0.5) is 5.82 Å². The Bertz CT molecular complexity index is 488. The lowest BCUT2D eigenvalue weighted by Crippen LogP contribution is -1.97. The molecule has 5 heteroatoms. The van der Waals surface area contributed by atoms with Gasteiger partial charge in [0.1, 0.15) is 0 Å². The summed E-state index contributed by atoms with van der Waals surface area (Å²) in [5.74, 6) is 0.504. The molecule has 0 radical (unpaired) electrons. The third kappa shape index (κ3) is 1.36. The molecule has 0 aliphatic carbocycles. The van der Waals surface area contributed by atoms with Crippen LogP contribution in [-0.4, -0.2) is 23.4 Å². The highest BCUT2D eigenvalue weighted by Gasteiger charge is 2.18. The molecule has 1 aliphatic heterocycles. The zero-order chi connectivity index (χ0) is 10.3. The lowest BCUT2D eigenvalue weighted by atomic mass is 10.1. The van der Waals surface area contributed by atoms with E-state index in [-0.39, 0.29) is 6.29 Å². The van der Waals surface area contributed by atoms with Gasteiger partial charge in [-0.2, -0.15) is 5.10 Å². The fraction of sp³-hybridized carbons (Fsp3) is 0.300. The molecule has 3 rings (SSSR count).